The number of rotatable bonds is 1. The van der Waals surface area contributed by atoms with Crippen LogP contribution in [-0.4, -0.2) is 11.7 Å². The van der Waals surface area contributed by atoms with Crippen LogP contribution < -0.4 is 0 Å². The zero-order chi connectivity index (χ0) is 11.6. The van der Waals surface area contributed by atoms with Gasteiger partial charge in [0.15, 0.2) is 0 Å². The molecular weight excluding hydrogens is 196 g/mol. The molecule has 1 N–H and O–H groups in total. The molecule has 0 aromatic rings. The van der Waals surface area contributed by atoms with Crippen molar-refractivity contribution in [1.29, 1.82) is 0 Å². The number of aliphatic hydroxyl groups excluding tert-OH is 1. The third-order valence-electron chi connectivity index (χ3n) is 6.80. The van der Waals surface area contributed by atoms with Crippen LogP contribution in [0.3, 0.4) is 0 Å². The van der Waals surface area contributed by atoms with E-state index in [1.807, 2.05) is 0 Å². The van der Waals surface area contributed by atoms with Gasteiger partial charge in [0.05, 0.1) is 0 Å². The first kappa shape index (κ1) is 11.1. The molecule has 1 nitrogen and oxygen atoms in total. The first-order chi connectivity index (χ1) is 7.52. The lowest BCUT2D eigenvalue weighted by Crippen LogP contribution is -2.33. The van der Waals surface area contributed by atoms with Crippen molar-refractivity contribution in [3.05, 3.63) is 0 Å². The van der Waals surface area contributed by atoms with Crippen molar-refractivity contribution in [1.82, 2.24) is 0 Å². The highest BCUT2D eigenvalue weighted by molar-refractivity contribution is 5.13. The Balaban J connectivity index is 2.00. The highest BCUT2D eigenvalue weighted by Gasteiger charge is 2.64. The van der Waals surface area contributed by atoms with Gasteiger partial charge in [-0.3, -0.25) is 0 Å². The van der Waals surface area contributed by atoms with Crippen LogP contribution in [0, 0.1) is 34.5 Å². The summed E-state index contributed by atoms with van der Waals surface area (Å²) in [6.07, 6.45) is 6.99. The Hall–Kier alpha value is -0.0400. The first-order valence-electron chi connectivity index (χ1n) is 7.13. The minimum atomic E-state index is 0.422. The van der Waals surface area contributed by atoms with E-state index >= 15 is 0 Å². The van der Waals surface area contributed by atoms with Crippen LogP contribution >= 0.6 is 0 Å². The number of fused-ring (bicyclic) bond motifs is 1. The molecule has 3 rings (SSSR count). The van der Waals surface area contributed by atoms with Crippen molar-refractivity contribution >= 4 is 0 Å². The third kappa shape index (κ3) is 1.11. The van der Waals surface area contributed by atoms with E-state index in [9.17, 15) is 5.11 Å². The number of hydrogen-bond acceptors (Lipinski definition) is 1. The Morgan fingerprint density at radius 2 is 1.94 bits per heavy atom. The Kier molecular flexibility index (Phi) is 2.25. The summed E-state index contributed by atoms with van der Waals surface area (Å²) in [6.45, 7) is 7.87. The SMILES string of the molecule is C[C@@H]1CC[C@H]2C(C)(C)[C@H]3C[C@@]12CC[C@@H]3CO. The molecule has 2 bridgehead atoms. The van der Waals surface area contributed by atoms with Crippen molar-refractivity contribution in [2.75, 3.05) is 6.61 Å². The molecule has 16 heavy (non-hydrogen) atoms. The van der Waals surface area contributed by atoms with Gasteiger partial charge < -0.3 is 5.11 Å². The monoisotopic (exact) mass is 222 g/mol. The minimum absolute atomic E-state index is 0.422. The predicted octanol–water partition coefficient (Wildman–Crippen LogP) is 3.47. The van der Waals surface area contributed by atoms with Crippen LogP contribution in [0.1, 0.15) is 52.9 Å². The molecule has 3 aliphatic rings. The van der Waals surface area contributed by atoms with Gasteiger partial charge in [-0.15, -0.1) is 0 Å². The second kappa shape index (κ2) is 3.25. The molecule has 0 amide bonds. The van der Waals surface area contributed by atoms with Gasteiger partial charge in [-0.1, -0.05) is 20.8 Å². The number of hydrogen-bond donors (Lipinski definition) is 1. The standard InChI is InChI=1S/C15H26O/c1-10-4-5-13-14(2,3)12-8-15(10,13)7-6-11(12)9-16/h10-13,16H,4-9H2,1-3H3/t10-,11-,12+,13+,15+/m1/s1. The van der Waals surface area contributed by atoms with Gasteiger partial charge in [0, 0.05) is 6.61 Å². The van der Waals surface area contributed by atoms with Gasteiger partial charge in [0.1, 0.15) is 0 Å². The van der Waals surface area contributed by atoms with Gasteiger partial charge in [-0.25, -0.2) is 0 Å². The molecule has 0 radical (unpaired) electrons. The fourth-order valence-electron chi connectivity index (χ4n) is 5.89. The van der Waals surface area contributed by atoms with E-state index in [0.717, 1.165) is 17.8 Å². The van der Waals surface area contributed by atoms with Crippen molar-refractivity contribution in [2.45, 2.75) is 52.9 Å². The van der Waals surface area contributed by atoms with Crippen molar-refractivity contribution in [3.8, 4) is 0 Å². The molecule has 3 aliphatic carbocycles. The quantitative estimate of drug-likeness (QED) is 0.720. The largest absolute Gasteiger partial charge is 0.396 e. The van der Waals surface area contributed by atoms with Gasteiger partial charge >= 0.3 is 0 Å². The first-order valence-corrected chi connectivity index (χ1v) is 7.13. The smallest absolute Gasteiger partial charge is 0.0462 e. The highest BCUT2D eigenvalue weighted by Crippen LogP contribution is 2.72. The summed E-state index contributed by atoms with van der Waals surface area (Å²) >= 11 is 0. The van der Waals surface area contributed by atoms with Crippen molar-refractivity contribution in [3.63, 3.8) is 0 Å². The predicted molar refractivity (Wildman–Crippen MR) is 66.0 cm³/mol. The van der Waals surface area contributed by atoms with Gasteiger partial charge in [0.2, 0.25) is 0 Å². The summed E-state index contributed by atoms with van der Waals surface area (Å²) < 4.78 is 0. The van der Waals surface area contributed by atoms with E-state index in [2.05, 4.69) is 20.8 Å². The van der Waals surface area contributed by atoms with Crippen molar-refractivity contribution in [2.24, 2.45) is 34.5 Å². The normalized spacial score (nSPS) is 54.0. The van der Waals surface area contributed by atoms with E-state index < -0.39 is 0 Å². The molecule has 3 fully saturated rings. The molecule has 0 heterocycles. The molecule has 0 unspecified atom stereocenters. The maximum atomic E-state index is 9.57. The molecule has 0 aromatic heterocycles. The molecule has 92 valence electrons. The lowest BCUT2D eigenvalue weighted by molar-refractivity contribution is 0.0622. The van der Waals surface area contributed by atoms with E-state index in [1.165, 1.54) is 32.1 Å². The molecule has 5 atom stereocenters. The second-order valence-electron chi connectivity index (χ2n) is 7.38. The Morgan fingerprint density at radius 3 is 2.62 bits per heavy atom. The minimum Gasteiger partial charge on any atom is -0.396 e. The molecule has 0 aromatic carbocycles. The van der Waals surface area contributed by atoms with Crippen LogP contribution in [0.4, 0.5) is 0 Å². The Labute approximate surface area is 99.6 Å². The Morgan fingerprint density at radius 1 is 1.19 bits per heavy atom. The average Bonchev–Trinajstić information content (AvgIpc) is 2.65. The van der Waals surface area contributed by atoms with E-state index in [0.29, 0.717) is 23.4 Å². The van der Waals surface area contributed by atoms with Gasteiger partial charge in [-0.2, -0.15) is 0 Å². The van der Waals surface area contributed by atoms with Crippen LogP contribution in [0.15, 0.2) is 0 Å². The van der Waals surface area contributed by atoms with E-state index in [-0.39, 0.29) is 0 Å². The third-order valence-corrected chi connectivity index (χ3v) is 6.80. The zero-order valence-electron chi connectivity index (χ0n) is 11.0. The molecule has 1 heteroatoms. The van der Waals surface area contributed by atoms with E-state index in [4.69, 9.17) is 0 Å². The summed E-state index contributed by atoms with van der Waals surface area (Å²) in [5, 5.41) is 9.57. The zero-order valence-corrected chi connectivity index (χ0v) is 11.0. The topological polar surface area (TPSA) is 20.2 Å². The number of aliphatic hydroxyl groups is 1. The Bertz CT molecular complexity index is 296. The summed E-state index contributed by atoms with van der Waals surface area (Å²) in [5.41, 5.74) is 1.15. The summed E-state index contributed by atoms with van der Waals surface area (Å²) in [7, 11) is 0. The molecule has 0 saturated heterocycles. The molecular formula is C15H26O. The molecule has 3 saturated carbocycles. The second-order valence-corrected chi connectivity index (χ2v) is 7.38. The van der Waals surface area contributed by atoms with Crippen molar-refractivity contribution < 1.29 is 5.11 Å². The summed E-state index contributed by atoms with van der Waals surface area (Å²) in [5.74, 6) is 3.26. The van der Waals surface area contributed by atoms with Crippen LogP contribution in [-0.2, 0) is 0 Å². The maximum absolute atomic E-state index is 9.57. The maximum Gasteiger partial charge on any atom is 0.0462 e. The lowest BCUT2D eigenvalue weighted by Gasteiger charge is -2.40. The fourth-order valence-corrected chi connectivity index (χ4v) is 5.89. The average molecular weight is 222 g/mol. The highest BCUT2D eigenvalue weighted by atomic mass is 16.3. The molecule has 0 aliphatic heterocycles. The van der Waals surface area contributed by atoms with Gasteiger partial charge in [-0.05, 0) is 66.6 Å². The van der Waals surface area contributed by atoms with Crippen LogP contribution in [0.2, 0.25) is 0 Å². The van der Waals surface area contributed by atoms with E-state index in [1.54, 1.807) is 0 Å². The van der Waals surface area contributed by atoms with Gasteiger partial charge in [0.25, 0.3) is 0 Å². The van der Waals surface area contributed by atoms with Crippen LogP contribution in [0.25, 0.3) is 0 Å². The summed E-state index contributed by atoms with van der Waals surface area (Å²) in [4.78, 5) is 0. The van der Waals surface area contributed by atoms with Crippen LogP contribution in [0.5, 0.6) is 0 Å². The lowest BCUT2D eigenvalue weighted by atomic mass is 9.65. The fraction of sp³-hybridized carbons (Fsp3) is 1.00. The summed E-state index contributed by atoms with van der Waals surface area (Å²) in [6, 6.07) is 0. The molecule has 1 spiro atoms.